The highest BCUT2D eigenvalue weighted by Crippen LogP contribution is 2.28. The summed E-state index contributed by atoms with van der Waals surface area (Å²) in [5.41, 5.74) is 1.51. The molecule has 0 bridgehead atoms. The number of amides is 4. The van der Waals surface area contributed by atoms with Gasteiger partial charge in [-0.2, -0.15) is 0 Å². The molecule has 0 aromatic carbocycles. The first kappa shape index (κ1) is 25.7. The molecule has 0 aliphatic carbocycles. The second-order valence-electron chi connectivity index (χ2n) is 10.6. The zero-order valence-corrected chi connectivity index (χ0v) is 22.2. The van der Waals surface area contributed by atoms with Crippen molar-refractivity contribution in [3.05, 3.63) is 35.9 Å². The van der Waals surface area contributed by atoms with Gasteiger partial charge in [0, 0.05) is 26.2 Å². The molecule has 0 saturated carbocycles. The van der Waals surface area contributed by atoms with Gasteiger partial charge in [0.25, 0.3) is 5.91 Å². The summed E-state index contributed by atoms with van der Waals surface area (Å²) in [6.07, 6.45) is 4.89. The van der Waals surface area contributed by atoms with Gasteiger partial charge >= 0.3 is 6.03 Å². The molecule has 2 atom stereocenters. The van der Waals surface area contributed by atoms with Gasteiger partial charge in [-0.05, 0) is 43.7 Å². The molecule has 3 aliphatic heterocycles. The number of nitrogens with zero attached hydrogens (tertiary/aromatic N) is 7. The van der Waals surface area contributed by atoms with Gasteiger partial charge in [0.1, 0.15) is 17.3 Å². The van der Waals surface area contributed by atoms with E-state index in [1.807, 2.05) is 6.07 Å². The summed E-state index contributed by atoms with van der Waals surface area (Å²) >= 11 is 0. The highest BCUT2D eigenvalue weighted by molar-refractivity contribution is 6.03. The zero-order chi connectivity index (χ0) is 27.0. The van der Waals surface area contributed by atoms with Crippen LogP contribution in [0.15, 0.2) is 33.9 Å². The monoisotopic (exact) mass is 522 g/mol. The molecule has 38 heavy (non-hydrogen) atoms. The molecule has 1 N–H and O–H groups in total. The standard InChI is InChI=1S/C26H34N8O4/c1-16(2)18-7-9-32(10-8-18)20-5-6-21(27-12-20)29-22(35)14-33-15-28-24-23(33)25(36)34(26(37)31(24)4)13-19-11-17(3)38-30-19/h5-6,11-12,15-16,18,23-24H,7-10,13-14H2,1-4H3,(H,27,29,35). The van der Waals surface area contributed by atoms with Crippen LogP contribution in [0.2, 0.25) is 0 Å². The summed E-state index contributed by atoms with van der Waals surface area (Å²) < 4.78 is 5.07. The minimum absolute atomic E-state index is 0.0198. The van der Waals surface area contributed by atoms with Crippen LogP contribution in [0.4, 0.5) is 16.3 Å². The molecular formula is C26H34N8O4. The number of nitrogens with one attached hydrogen (secondary N) is 1. The lowest BCUT2D eigenvalue weighted by molar-refractivity contribution is -0.138. The Morgan fingerprint density at radius 1 is 1.21 bits per heavy atom. The number of hydrogen-bond acceptors (Lipinski definition) is 9. The molecule has 2 aromatic heterocycles. The van der Waals surface area contributed by atoms with Gasteiger partial charge < -0.3 is 24.5 Å². The van der Waals surface area contributed by atoms with E-state index in [4.69, 9.17) is 4.52 Å². The minimum Gasteiger partial charge on any atom is -0.370 e. The Labute approximate surface area is 221 Å². The average Bonchev–Trinajstić information content (AvgIpc) is 3.51. The van der Waals surface area contributed by atoms with Crippen LogP contribution in [0, 0.1) is 18.8 Å². The third kappa shape index (κ3) is 5.07. The number of rotatable bonds is 7. The van der Waals surface area contributed by atoms with Crippen LogP contribution in [0.3, 0.4) is 0 Å². The molecule has 2 unspecified atom stereocenters. The summed E-state index contributed by atoms with van der Waals surface area (Å²) in [6, 6.07) is 4.16. The topological polar surface area (TPSA) is 127 Å². The summed E-state index contributed by atoms with van der Waals surface area (Å²) in [7, 11) is 1.59. The van der Waals surface area contributed by atoms with Gasteiger partial charge in [-0.3, -0.25) is 14.5 Å². The number of aliphatic imine (C=N–C) groups is 1. The molecule has 202 valence electrons. The lowest BCUT2D eigenvalue weighted by Crippen LogP contribution is -2.64. The fraction of sp³-hybridized carbons (Fsp3) is 0.538. The Kier molecular flexibility index (Phi) is 7.04. The molecule has 2 aromatic rings. The molecule has 4 amide bonds. The zero-order valence-electron chi connectivity index (χ0n) is 22.2. The second kappa shape index (κ2) is 10.4. The van der Waals surface area contributed by atoms with Crippen LogP contribution in [0.25, 0.3) is 0 Å². The van der Waals surface area contributed by atoms with Crippen molar-refractivity contribution in [2.75, 3.05) is 36.9 Å². The Balaban J connectivity index is 1.19. The molecule has 0 spiro atoms. The van der Waals surface area contributed by atoms with Crippen molar-refractivity contribution in [2.45, 2.75) is 52.4 Å². The van der Waals surface area contributed by atoms with Gasteiger partial charge in [0.2, 0.25) is 5.91 Å². The maximum atomic E-state index is 13.3. The van der Waals surface area contributed by atoms with E-state index in [-0.39, 0.29) is 19.0 Å². The van der Waals surface area contributed by atoms with Crippen LogP contribution in [0.1, 0.15) is 38.1 Å². The van der Waals surface area contributed by atoms with Crippen LogP contribution < -0.4 is 10.2 Å². The number of anilines is 2. The van der Waals surface area contributed by atoms with Crippen molar-refractivity contribution in [2.24, 2.45) is 16.8 Å². The first-order valence-electron chi connectivity index (χ1n) is 13.0. The first-order valence-corrected chi connectivity index (χ1v) is 13.0. The number of piperidine rings is 1. The predicted octanol–water partition coefficient (Wildman–Crippen LogP) is 2.32. The summed E-state index contributed by atoms with van der Waals surface area (Å²) in [5.74, 6) is 1.72. The minimum atomic E-state index is -0.805. The maximum absolute atomic E-state index is 13.3. The Hall–Kier alpha value is -3.96. The summed E-state index contributed by atoms with van der Waals surface area (Å²) in [4.78, 5) is 54.2. The van der Waals surface area contributed by atoms with Crippen LogP contribution in [-0.4, -0.2) is 87.9 Å². The molecule has 2 saturated heterocycles. The van der Waals surface area contributed by atoms with Crippen molar-refractivity contribution < 1.29 is 18.9 Å². The van der Waals surface area contributed by atoms with E-state index in [0.29, 0.717) is 23.2 Å². The highest BCUT2D eigenvalue weighted by atomic mass is 16.5. The lowest BCUT2D eigenvalue weighted by atomic mass is 9.86. The van der Waals surface area contributed by atoms with Crippen molar-refractivity contribution in [3.8, 4) is 0 Å². The first-order chi connectivity index (χ1) is 18.2. The number of urea groups is 1. The van der Waals surface area contributed by atoms with Crippen LogP contribution >= 0.6 is 0 Å². The third-order valence-corrected chi connectivity index (χ3v) is 7.64. The van der Waals surface area contributed by atoms with E-state index in [0.717, 1.165) is 29.6 Å². The Morgan fingerprint density at radius 2 is 1.97 bits per heavy atom. The van der Waals surface area contributed by atoms with Crippen molar-refractivity contribution in [1.29, 1.82) is 0 Å². The smallest absolute Gasteiger partial charge is 0.328 e. The summed E-state index contributed by atoms with van der Waals surface area (Å²) in [5, 5.41) is 6.70. The van der Waals surface area contributed by atoms with E-state index in [1.165, 1.54) is 24.1 Å². The van der Waals surface area contributed by atoms with Crippen molar-refractivity contribution in [1.82, 2.24) is 24.8 Å². The normalized spacial score (nSPS) is 22.0. The van der Waals surface area contributed by atoms with Crippen molar-refractivity contribution in [3.63, 3.8) is 0 Å². The number of hydrogen-bond donors (Lipinski definition) is 1. The number of pyridine rings is 1. The van der Waals surface area contributed by atoms with Crippen LogP contribution in [0.5, 0.6) is 0 Å². The molecule has 5 heterocycles. The Morgan fingerprint density at radius 3 is 2.61 bits per heavy atom. The molecule has 12 nitrogen and oxygen atoms in total. The van der Waals surface area contributed by atoms with E-state index in [2.05, 4.69) is 39.2 Å². The van der Waals surface area contributed by atoms with Gasteiger partial charge in [-0.25, -0.2) is 14.8 Å². The highest BCUT2D eigenvalue weighted by Gasteiger charge is 2.50. The molecular weight excluding hydrogens is 488 g/mol. The van der Waals surface area contributed by atoms with Gasteiger partial charge in [0.05, 0.1) is 31.3 Å². The van der Waals surface area contributed by atoms with E-state index in [9.17, 15) is 14.4 Å². The quantitative estimate of drug-likeness (QED) is 0.587. The number of aromatic nitrogens is 2. The van der Waals surface area contributed by atoms with E-state index < -0.39 is 24.1 Å². The van der Waals surface area contributed by atoms with Gasteiger partial charge in [-0.15, -0.1) is 0 Å². The third-order valence-electron chi connectivity index (χ3n) is 7.64. The lowest BCUT2D eigenvalue weighted by Gasteiger charge is -2.40. The van der Waals surface area contributed by atoms with Gasteiger partial charge in [0.15, 0.2) is 12.2 Å². The molecule has 5 rings (SSSR count). The molecule has 0 radical (unpaired) electrons. The number of carbonyl (C=O) groups is 3. The molecule has 12 heteroatoms. The number of fused-ring (bicyclic) bond motifs is 1. The number of likely N-dealkylation sites (N-methyl/N-ethyl adjacent to an activating group) is 1. The Bertz CT molecular complexity index is 1220. The fourth-order valence-electron chi connectivity index (χ4n) is 5.38. The maximum Gasteiger partial charge on any atom is 0.328 e. The molecule has 3 aliphatic rings. The van der Waals surface area contributed by atoms with Crippen molar-refractivity contribution >= 4 is 35.7 Å². The van der Waals surface area contributed by atoms with Gasteiger partial charge in [-0.1, -0.05) is 19.0 Å². The number of aryl methyl sites for hydroxylation is 1. The number of carbonyl (C=O) groups excluding carboxylic acids is 3. The van der Waals surface area contributed by atoms with E-state index in [1.54, 1.807) is 37.2 Å². The predicted molar refractivity (Wildman–Crippen MR) is 140 cm³/mol. The SMILES string of the molecule is Cc1cc(CN2C(=O)C3C(N=CN3CC(=O)Nc3ccc(N4CCC(C(C)C)CC4)cn3)N(C)C2=O)no1. The number of imide groups is 1. The second-order valence-corrected chi connectivity index (χ2v) is 10.6. The largest absolute Gasteiger partial charge is 0.370 e. The summed E-state index contributed by atoms with van der Waals surface area (Å²) in [6.45, 7) is 8.18. The molecule has 2 fully saturated rings. The van der Waals surface area contributed by atoms with E-state index >= 15 is 0 Å². The average molecular weight is 523 g/mol. The van der Waals surface area contributed by atoms with Crippen LogP contribution in [-0.2, 0) is 16.1 Å². The fourth-order valence-corrected chi connectivity index (χ4v) is 5.38.